The second-order valence-electron chi connectivity index (χ2n) is 2.96. The predicted octanol–water partition coefficient (Wildman–Crippen LogP) is 2.98. The van der Waals surface area contributed by atoms with Gasteiger partial charge in [0.2, 0.25) is 0 Å². The Morgan fingerprint density at radius 2 is 1.86 bits per heavy atom. The number of nitrogen functional groups attached to an aromatic ring is 1. The summed E-state index contributed by atoms with van der Waals surface area (Å²) in [6.07, 6.45) is 1.60. The molecule has 1 aromatic carbocycles. The van der Waals surface area contributed by atoms with Crippen molar-refractivity contribution in [3.8, 4) is 11.3 Å². The molecule has 0 saturated carbocycles. The van der Waals surface area contributed by atoms with Crippen LogP contribution < -0.4 is 5.73 Å². The lowest BCUT2D eigenvalue weighted by molar-refractivity contribution is 1.33. The number of anilines is 1. The van der Waals surface area contributed by atoms with Gasteiger partial charge in [-0.1, -0.05) is 41.9 Å². The zero-order valence-electron chi connectivity index (χ0n) is 7.44. The SMILES string of the molecule is Nc1cc(Cl)cnc1-c1ccccc1. The van der Waals surface area contributed by atoms with E-state index in [1.807, 2.05) is 30.3 Å². The molecule has 2 N–H and O–H groups in total. The Morgan fingerprint density at radius 3 is 2.50 bits per heavy atom. The molecule has 2 nitrogen and oxygen atoms in total. The number of benzene rings is 1. The summed E-state index contributed by atoms with van der Waals surface area (Å²) in [6.45, 7) is 0. The summed E-state index contributed by atoms with van der Waals surface area (Å²) in [5, 5.41) is 0.558. The van der Waals surface area contributed by atoms with Crippen LogP contribution in [0.4, 0.5) is 5.69 Å². The van der Waals surface area contributed by atoms with Crippen LogP contribution in [-0.4, -0.2) is 4.98 Å². The highest BCUT2D eigenvalue weighted by molar-refractivity contribution is 6.30. The average Bonchev–Trinajstić information content (AvgIpc) is 2.19. The van der Waals surface area contributed by atoms with Gasteiger partial charge in [0.15, 0.2) is 0 Å². The molecule has 1 heterocycles. The predicted molar refractivity (Wildman–Crippen MR) is 59.1 cm³/mol. The van der Waals surface area contributed by atoms with Gasteiger partial charge in [-0.15, -0.1) is 0 Å². The normalized spacial score (nSPS) is 10.1. The Bertz CT molecular complexity index is 440. The molecule has 70 valence electrons. The van der Waals surface area contributed by atoms with E-state index in [0.29, 0.717) is 10.7 Å². The van der Waals surface area contributed by atoms with Crippen LogP contribution in [0.5, 0.6) is 0 Å². The number of aromatic nitrogens is 1. The van der Waals surface area contributed by atoms with Crippen LogP contribution in [0.2, 0.25) is 5.02 Å². The van der Waals surface area contributed by atoms with Crippen molar-refractivity contribution in [2.24, 2.45) is 0 Å². The highest BCUT2D eigenvalue weighted by Gasteiger charge is 2.03. The van der Waals surface area contributed by atoms with E-state index in [2.05, 4.69) is 4.98 Å². The van der Waals surface area contributed by atoms with Crippen LogP contribution in [0.25, 0.3) is 11.3 Å². The van der Waals surface area contributed by atoms with Gasteiger partial charge in [-0.2, -0.15) is 0 Å². The molecule has 2 rings (SSSR count). The minimum absolute atomic E-state index is 0.558. The summed E-state index contributed by atoms with van der Waals surface area (Å²) in [4.78, 5) is 4.19. The van der Waals surface area contributed by atoms with Crippen molar-refractivity contribution in [2.45, 2.75) is 0 Å². The third-order valence-corrected chi connectivity index (χ3v) is 2.14. The molecule has 2 aromatic rings. The second-order valence-corrected chi connectivity index (χ2v) is 3.39. The molecule has 3 heteroatoms. The molecule has 0 spiro atoms. The maximum atomic E-state index is 5.81. The van der Waals surface area contributed by atoms with Gasteiger partial charge in [0.25, 0.3) is 0 Å². The molecule has 0 atom stereocenters. The van der Waals surface area contributed by atoms with E-state index in [4.69, 9.17) is 17.3 Å². The number of rotatable bonds is 1. The molecular formula is C11H9ClN2. The van der Waals surface area contributed by atoms with Gasteiger partial charge >= 0.3 is 0 Å². The van der Waals surface area contributed by atoms with Crippen LogP contribution in [0, 0.1) is 0 Å². The van der Waals surface area contributed by atoms with Gasteiger partial charge in [-0.05, 0) is 6.07 Å². The molecule has 0 aliphatic carbocycles. The molecule has 0 unspecified atom stereocenters. The summed E-state index contributed by atoms with van der Waals surface area (Å²) in [7, 11) is 0. The quantitative estimate of drug-likeness (QED) is 0.776. The summed E-state index contributed by atoms with van der Waals surface area (Å²) in [5.41, 5.74) is 8.18. The highest BCUT2D eigenvalue weighted by atomic mass is 35.5. The first-order chi connectivity index (χ1) is 6.77. The van der Waals surface area contributed by atoms with Gasteiger partial charge in [-0.25, -0.2) is 0 Å². The first kappa shape index (κ1) is 9.03. The Balaban J connectivity index is 2.53. The number of halogens is 1. The average molecular weight is 205 g/mol. The van der Waals surface area contributed by atoms with Crippen molar-refractivity contribution in [2.75, 3.05) is 5.73 Å². The van der Waals surface area contributed by atoms with Crippen molar-refractivity contribution in [3.63, 3.8) is 0 Å². The van der Waals surface area contributed by atoms with E-state index in [0.717, 1.165) is 11.3 Å². The Morgan fingerprint density at radius 1 is 1.14 bits per heavy atom. The van der Waals surface area contributed by atoms with E-state index in [-0.39, 0.29) is 0 Å². The van der Waals surface area contributed by atoms with Gasteiger partial charge in [0, 0.05) is 11.8 Å². The van der Waals surface area contributed by atoms with E-state index < -0.39 is 0 Å². The van der Waals surface area contributed by atoms with Crippen LogP contribution >= 0.6 is 11.6 Å². The lowest BCUT2D eigenvalue weighted by atomic mass is 10.1. The maximum absolute atomic E-state index is 5.81. The largest absolute Gasteiger partial charge is 0.397 e. The standard InChI is InChI=1S/C11H9ClN2/c12-9-6-10(13)11(14-7-9)8-4-2-1-3-5-8/h1-7H,13H2. The Labute approximate surface area is 87.4 Å². The van der Waals surface area contributed by atoms with E-state index in [1.54, 1.807) is 12.3 Å². The summed E-state index contributed by atoms with van der Waals surface area (Å²) < 4.78 is 0. The molecule has 0 amide bonds. The number of hydrogen-bond acceptors (Lipinski definition) is 2. The van der Waals surface area contributed by atoms with Crippen LogP contribution in [-0.2, 0) is 0 Å². The molecule has 0 bridgehead atoms. The molecule has 0 radical (unpaired) electrons. The molecule has 0 saturated heterocycles. The zero-order chi connectivity index (χ0) is 9.97. The maximum Gasteiger partial charge on any atom is 0.0932 e. The first-order valence-corrected chi connectivity index (χ1v) is 4.61. The van der Waals surface area contributed by atoms with Crippen molar-refractivity contribution >= 4 is 17.3 Å². The van der Waals surface area contributed by atoms with Gasteiger partial charge in [0.1, 0.15) is 0 Å². The number of hydrogen-bond donors (Lipinski definition) is 1. The monoisotopic (exact) mass is 204 g/mol. The molecule has 0 fully saturated rings. The van der Waals surface area contributed by atoms with Crippen LogP contribution in [0.1, 0.15) is 0 Å². The van der Waals surface area contributed by atoms with Crippen molar-refractivity contribution in [1.29, 1.82) is 0 Å². The van der Waals surface area contributed by atoms with Gasteiger partial charge in [0.05, 0.1) is 16.4 Å². The van der Waals surface area contributed by atoms with E-state index in [9.17, 15) is 0 Å². The van der Waals surface area contributed by atoms with Crippen LogP contribution in [0.15, 0.2) is 42.6 Å². The van der Waals surface area contributed by atoms with Gasteiger partial charge in [-0.3, -0.25) is 4.98 Å². The number of nitrogens with two attached hydrogens (primary N) is 1. The molecular weight excluding hydrogens is 196 g/mol. The Kier molecular flexibility index (Phi) is 2.37. The van der Waals surface area contributed by atoms with E-state index >= 15 is 0 Å². The minimum atomic E-state index is 0.558. The second kappa shape index (κ2) is 3.68. The lowest BCUT2D eigenvalue weighted by Crippen LogP contribution is -1.92. The summed E-state index contributed by atoms with van der Waals surface area (Å²) in [6, 6.07) is 11.5. The molecule has 0 aliphatic rings. The number of pyridine rings is 1. The lowest BCUT2D eigenvalue weighted by Gasteiger charge is -2.04. The fourth-order valence-corrected chi connectivity index (χ4v) is 1.46. The van der Waals surface area contributed by atoms with E-state index in [1.165, 1.54) is 0 Å². The van der Waals surface area contributed by atoms with Crippen LogP contribution in [0.3, 0.4) is 0 Å². The third-order valence-electron chi connectivity index (χ3n) is 1.93. The fourth-order valence-electron chi connectivity index (χ4n) is 1.29. The minimum Gasteiger partial charge on any atom is -0.397 e. The van der Waals surface area contributed by atoms with Crippen molar-refractivity contribution < 1.29 is 0 Å². The zero-order valence-corrected chi connectivity index (χ0v) is 8.20. The summed E-state index contributed by atoms with van der Waals surface area (Å²) >= 11 is 5.76. The fraction of sp³-hybridized carbons (Fsp3) is 0. The number of nitrogens with zero attached hydrogens (tertiary/aromatic N) is 1. The summed E-state index contributed by atoms with van der Waals surface area (Å²) in [5.74, 6) is 0. The van der Waals surface area contributed by atoms with Gasteiger partial charge < -0.3 is 5.73 Å². The van der Waals surface area contributed by atoms with Crippen molar-refractivity contribution in [1.82, 2.24) is 4.98 Å². The third kappa shape index (κ3) is 1.70. The topological polar surface area (TPSA) is 38.9 Å². The van der Waals surface area contributed by atoms with Crippen molar-refractivity contribution in [3.05, 3.63) is 47.6 Å². The first-order valence-electron chi connectivity index (χ1n) is 4.24. The molecule has 0 aliphatic heterocycles. The molecule has 1 aromatic heterocycles. The Hall–Kier alpha value is -1.54. The molecule has 14 heavy (non-hydrogen) atoms. The highest BCUT2D eigenvalue weighted by Crippen LogP contribution is 2.24. The smallest absolute Gasteiger partial charge is 0.0932 e.